The van der Waals surface area contributed by atoms with Crippen molar-refractivity contribution in [2.75, 3.05) is 13.6 Å². The lowest BCUT2D eigenvalue weighted by Crippen LogP contribution is -2.21. The van der Waals surface area contributed by atoms with E-state index in [2.05, 4.69) is 9.97 Å². The molecule has 0 saturated carbocycles. The Labute approximate surface area is 146 Å². The van der Waals surface area contributed by atoms with Gasteiger partial charge < -0.3 is 4.90 Å². The molecular formula is C19H21F2N3O. The number of hydrogen-bond acceptors (Lipinski definition) is 4. The zero-order valence-electron chi connectivity index (χ0n) is 14.3. The maximum absolute atomic E-state index is 14.2. The zero-order valence-corrected chi connectivity index (χ0v) is 14.3. The highest BCUT2D eigenvalue weighted by molar-refractivity contribution is 5.83. The molecule has 1 unspecified atom stereocenters. The number of nitrogens with zero attached hydrogens (tertiary/aromatic N) is 3. The predicted molar refractivity (Wildman–Crippen MR) is 94.3 cm³/mol. The van der Waals surface area contributed by atoms with E-state index in [1.54, 1.807) is 30.3 Å². The van der Waals surface area contributed by atoms with Gasteiger partial charge >= 0.3 is 0 Å². The number of carbonyl (C=O) groups excluding carboxylic acids is 1. The second kappa shape index (κ2) is 9.01. The van der Waals surface area contributed by atoms with Gasteiger partial charge in [0.25, 0.3) is 0 Å². The molecule has 1 heterocycles. The van der Waals surface area contributed by atoms with Crippen LogP contribution in [-0.2, 0) is 0 Å². The third kappa shape index (κ3) is 5.17. The molecule has 0 N–H and O–H groups in total. The van der Waals surface area contributed by atoms with Crippen molar-refractivity contribution in [1.82, 2.24) is 14.9 Å². The summed E-state index contributed by atoms with van der Waals surface area (Å²) in [5.74, 6) is -0.321. The van der Waals surface area contributed by atoms with Gasteiger partial charge in [-0.2, -0.15) is 0 Å². The molecule has 0 radical (unpaired) electrons. The second-order valence-electron chi connectivity index (χ2n) is 5.79. The highest BCUT2D eigenvalue weighted by Crippen LogP contribution is 2.23. The number of aromatic nitrogens is 2. The van der Waals surface area contributed by atoms with Gasteiger partial charge in [0.1, 0.15) is 12.0 Å². The van der Waals surface area contributed by atoms with Crippen molar-refractivity contribution in [3.05, 3.63) is 53.7 Å². The molecule has 0 saturated heterocycles. The van der Waals surface area contributed by atoms with Gasteiger partial charge in [0.15, 0.2) is 12.1 Å². The van der Waals surface area contributed by atoms with Crippen LogP contribution in [-0.4, -0.2) is 40.9 Å². The number of carbonyl (C=O) groups is 1. The zero-order chi connectivity index (χ0) is 18.2. The molecule has 25 heavy (non-hydrogen) atoms. The molecule has 0 fully saturated rings. The van der Waals surface area contributed by atoms with Crippen LogP contribution >= 0.6 is 0 Å². The fourth-order valence-electron chi connectivity index (χ4n) is 2.45. The molecule has 0 aliphatic rings. The lowest BCUT2D eigenvalue weighted by Gasteiger charge is -2.17. The molecule has 4 nitrogen and oxygen atoms in total. The Bertz CT molecular complexity index is 735. The number of benzene rings is 1. The Morgan fingerprint density at radius 3 is 2.60 bits per heavy atom. The Morgan fingerprint density at radius 2 is 1.96 bits per heavy atom. The Morgan fingerprint density at radius 1 is 1.24 bits per heavy atom. The Balaban J connectivity index is 2.27. The van der Waals surface area contributed by atoms with Crippen LogP contribution in [0, 0.1) is 5.82 Å². The van der Waals surface area contributed by atoms with Crippen molar-refractivity contribution >= 4 is 12.4 Å². The van der Waals surface area contributed by atoms with E-state index >= 15 is 0 Å². The van der Waals surface area contributed by atoms with Crippen molar-refractivity contribution in [1.29, 1.82) is 0 Å². The van der Waals surface area contributed by atoms with Gasteiger partial charge in [0.05, 0.1) is 5.56 Å². The Hall–Kier alpha value is -2.63. The van der Waals surface area contributed by atoms with Crippen LogP contribution in [0.1, 0.15) is 35.7 Å². The molecule has 1 aromatic heterocycles. The maximum Gasteiger partial charge on any atom is 0.162 e. The molecule has 0 spiro atoms. The third-order valence-electron chi connectivity index (χ3n) is 3.70. The van der Waals surface area contributed by atoms with Crippen LogP contribution < -0.4 is 0 Å². The van der Waals surface area contributed by atoms with Gasteiger partial charge in [0, 0.05) is 31.5 Å². The van der Waals surface area contributed by atoms with Gasteiger partial charge in [-0.05, 0) is 42.5 Å². The smallest absolute Gasteiger partial charge is 0.162 e. The molecule has 0 amide bonds. The summed E-state index contributed by atoms with van der Waals surface area (Å²) in [6.45, 7) is 2.20. The third-order valence-corrected chi connectivity index (χ3v) is 3.70. The van der Waals surface area contributed by atoms with Crippen LogP contribution in [0.3, 0.4) is 0 Å². The van der Waals surface area contributed by atoms with E-state index < -0.39 is 12.0 Å². The van der Waals surface area contributed by atoms with E-state index in [4.69, 9.17) is 0 Å². The molecule has 1 aromatic carbocycles. The van der Waals surface area contributed by atoms with E-state index in [-0.39, 0.29) is 23.5 Å². The average molecular weight is 345 g/mol. The minimum absolute atomic E-state index is 0.211. The first kappa shape index (κ1) is 18.7. The number of halogens is 2. The molecule has 0 aliphatic carbocycles. The number of hydrogen-bond donors (Lipinski definition) is 0. The van der Waals surface area contributed by atoms with Crippen LogP contribution in [0.4, 0.5) is 8.78 Å². The molecule has 2 aromatic rings. The highest BCUT2D eigenvalue weighted by Gasteiger charge is 2.12. The summed E-state index contributed by atoms with van der Waals surface area (Å²) in [5, 5.41) is 0. The topological polar surface area (TPSA) is 46.1 Å². The van der Waals surface area contributed by atoms with Crippen LogP contribution in [0.5, 0.6) is 0 Å². The van der Waals surface area contributed by atoms with E-state index in [0.717, 1.165) is 12.5 Å². The molecule has 6 heteroatoms. The van der Waals surface area contributed by atoms with Crippen molar-refractivity contribution in [3.8, 4) is 11.4 Å². The lowest BCUT2D eigenvalue weighted by atomic mass is 10.0. The fraction of sp³-hybridized carbons (Fsp3) is 0.316. The van der Waals surface area contributed by atoms with E-state index in [9.17, 15) is 13.6 Å². The molecular weight excluding hydrogens is 324 g/mol. The van der Waals surface area contributed by atoms with Gasteiger partial charge in [-0.3, -0.25) is 4.79 Å². The standard InChI is InChI=1S/C19H21F2N3O/c1-3-5-16(20)12-24(2)9-6-14-10-17(18(21)11-15(14)13-25)19-22-7-4-8-23-19/h4,6-11,13,16H,3,5,12H2,1-2H3/b9-6-. The van der Waals surface area contributed by atoms with Crippen LogP contribution in [0.2, 0.25) is 0 Å². The number of aldehydes is 1. The summed E-state index contributed by atoms with van der Waals surface area (Å²) in [6, 6.07) is 4.33. The van der Waals surface area contributed by atoms with Gasteiger partial charge in [-0.25, -0.2) is 18.7 Å². The fourth-order valence-corrected chi connectivity index (χ4v) is 2.45. The molecule has 2 rings (SSSR count). The van der Waals surface area contributed by atoms with E-state index in [0.29, 0.717) is 18.3 Å². The number of alkyl halides is 1. The van der Waals surface area contributed by atoms with Crippen molar-refractivity contribution in [2.24, 2.45) is 0 Å². The van der Waals surface area contributed by atoms with Crippen molar-refractivity contribution in [3.63, 3.8) is 0 Å². The summed E-state index contributed by atoms with van der Waals surface area (Å²) < 4.78 is 27.9. The summed E-state index contributed by atoms with van der Waals surface area (Å²) >= 11 is 0. The monoisotopic (exact) mass is 345 g/mol. The quantitative estimate of drug-likeness (QED) is 0.675. The average Bonchev–Trinajstić information content (AvgIpc) is 2.61. The van der Waals surface area contributed by atoms with Crippen LogP contribution in [0.25, 0.3) is 17.5 Å². The first-order valence-corrected chi connectivity index (χ1v) is 8.13. The normalized spacial score (nSPS) is 12.3. The first-order valence-electron chi connectivity index (χ1n) is 8.13. The van der Waals surface area contributed by atoms with Gasteiger partial charge in [-0.1, -0.05) is 13.3 Å². The van der Waals surface area contributed by atoms with Crippen LogP contribution in [0.15, 0.2) is 36.8 Å². The van der Waals surface area contributed by atoms with E-state index in [1.807, 2.05) is 6.92 Å². The first-order chi connectivity index (χ1) is 12.0. The minimum atomic E-state index is -0.910. The predicted octanol–water partition coefficient (Wildman–Crippen LogP) is 4.14. The minimum Gasteiger partial charge on any atom is -0.377 e. The summed E-state index contributed by atoms with van der Waals surface area (Å²) in [6.07, 6.45) is 7.35. The van der Waals surface area contributed by atoms with Crippen molar-refractivity contribution < 1.29 is 13.6 Å². The SMILES string of the molecule is CCCC(F)CN(C)/C=C\c1cc(-c2ncccn2)c(F)cc1C=O. The summed E-state index contributed by atoms with van der Waals surface area (Å²) in [7, 11) is 1.75. The molecule has 132 valence electrons. The molecule has 0 aliphatic heterocycles. The van der Waals surface area contributed by atoms with Gasteiger partial charge in [0.2, 0.25) is 0 Å². The number of rotatable bonds is 8. The molecule has 0 bridgehead atoms. The Kier molecular flexibility index (Phi) is 6.74. The van der Waals surface area contributed by atoms with Crippen molar-refractivity contribution in [2.45, 2.75) is 25.9 Å². The summed E-state index contributed by atoms with van der Waals surface area (Å²) in [4.78, 5) is 21.0. The highest BCUT2D eigenvalue weighted by atomic mass is 19.1. The molecule has 1 atom stereocenters. The lowest BCUT2D eigenvalue weighted by molar-refractivity contribution is 0.112. The maximum atomic E-state index is 14.2. The van der Waals surface area contributed by atoms with E-state index in [1.165, 1.54) is 18.5 Å². The summed E-state index contributed by atoms with van der Waals surface area (Å²) in [5.41, 5.74) is 0.951. The second-order valence-corrected chi connectivity index (χ2v) is 5.79. The van der Waals surface area contributed by atoms with Gasteiger partial charge in [-0.15, -0.1) is 0 Å². The largest absolute Gasteiger partial charge is 0.377 e.